The van der Waals surface area contributed by atoms with Crippen molar-refractivity contribution in [2.24, 2.45) is 0 Å². The zero-order valence-corrected chi connectivity index (χ0v) is 12.1. The van der Waals surface area contributed by atoms with Crippen molar-refractivity contribution in [2.75, 3.05) is 46.8 Å². The molecule has 0 bridgehead atoms. The smallest absolute Gasteiger partial charge is 0.119 e. The van der Waals surface area contributed by atoms with Gasteiger partial charge in [-0.25, -0.2) is 0 Å². The molecule has 0 aliphatic rings. The minimum absolute atomic E-state index is 0.557. The molecule has 0 aliphatic carbocycles. The Morgan fingerprint density at radius 1 is 0.737 bits per heavy atom. The molecule has 0 heterocycles. The van der Waals surface area contributed by atoms with E-state index in [0.29, 0.717) is 39.6 Å². The van der Waals surface area contributed by atoms with E-state index in [1.165, 1.54) is 11.1 Å². The highest BCUT2D eigenvalue weighted by atomic mass is 16.6. The third kappa shape index (κ3) is 7.82. The lowest BCUT2D eigenvalue weighted by molar-refractivity contribution is 0.0179. The van der Waals surface area contributed by atoms with Crippen molar-refractivity contribution >= 4 is 0 Å². The summed E-state index contributed by atoms with van der Waals surface area (Å²) in [6.07, 6.45) is 0. The van der Waals surface area contributed by atoms with E-state index in [0.717, 1.165) is 5.75 Å². The first-order valence-corrected chi connectivity index (χ1v) is 6.58. The Hall–Kier alpha value is -1.10. The van der Waals surface area contributed by atoms with Crippen LogP contribution in [-0.4, -0.2) is 46.8 Å². The summed E-state index contributed by atoms with van der Waals surface area (Å²) in [6.45, 7) is 7.66. The van der Waals surface area contributed by atoms with Crippen LogP contribution in [0.25, 0.3) is 0 Å². The van der Waals surface area contributed by atoms with Gasteiger partial charge in [0, 0.05) is 7.11 Å². The van der Waals surface area contributed by atoms with Crippen LogP contribution in [0.1, 0.15) is 11.1 Å². The molecule has 1 rings (SSSR count). The fourth-order valence-corrected chi connectivity index (χ4v) is 1.70. The van der Waals surface area contributed by atoms with Crippen molar-refractivity contribution < 1.29 is 18.9 Å². The van der Waals surface area contributed by atoms with Crippen molar-refractivity contribution in [3.8, 4) is 5.75 Å². The first kappa shape index (κ1) is 16.0. The quantitative estimate of drug-likeness (QED) is 0.610. The van der Waals surface area contributed by atoms with E-state index in [1.807, 2.05) is 12.1 Å². The Labute approximate surface area is 115 Å². The first-order chi connectivity index (χ1) is 9.22. The molecule has 4 nitrogen and oxygen atoms in total. The molecular weight excluding hydrogens is 244 g/mol. The minimum Gasteiger partial charge on any atom is -0.491 e. The lowest BCUT2D eigenvalue weighted by Gasteiger charge is -2.09. The highest BCUT2D eigenvalue weighted by Crippen LogP contribution is 2.15. The molecule has 0 radical (unpaired) electrons. The topological polar surface area (TPSA) is 36.9 Å². The number of hydrogen-bond donors (Lipinski definition) is 0. The van der Waals surface area contributed by atoms with Gasteiger partial charge in [0.15, 0.2) is 0 Å². The Morgan fingerprint density at radius 3 is 1.84 bits per heavy atom. The highest BCUT2D eigenvalue weighted by Gasteiger charge is 1.97. The van der Waals surface area contributed by atoms with Crippen molar-refractivity contribution in [1.29, 1.82) is 0 Å². The Kier molecular flexibility index (Phi) is 8.21. The monoisotopic (exact) mass is 268 g/mol. The fourth-order valence-electron chi connectivity index (χ4n) is 1.70. The van der Waals surface area contributed by atoms with E-state index in [4.69, 9.17) is 18.9 Å². The SMILES string of the molecule is COCCOCCOCCOc1cc(C)cc(C)c1. The standard InChI is InChI=1S/C15H24O4/c1-13-10-14(2)12-15(11-13)19-9-8-18-7-6-17-5-4-16-3/h10-12H,4-9H2,1-3H3. The van der Waals surface area contributed by atoms with E-state index < -0.39 is 0 Å². The van der Waals surface area contributed by atoms with Gasteiger partial charge in [-0.15, -0.1) is 0 Å². The normalized spacial score (nSPS) is 10.7. The van der Waals surface area contributed by atoms with Gasteiger partial charge in [0.25, 0.3) is 0 Å². The van der Waals surface area contributed by atoms with Crippen LogP contribution in [0.5, 0.6) is 5.75 Å². The molecule has 0 N–H and O–H groups in total. The van der Waals surface area contributed by atoms with E-state index in [9.17, 15) is 0 Å². The highest BCUT2D eigenvalue weighted by molar-refractivity contribution is 5.32. The Balaban J connectivity index is 2.01. The zero-order chi connectivity index (χ0) is 13.9. The molecule has 0 aromatic heterocycles. The van der Waals surface area contributed by atoms with Crippen molar-refractivity contribution in [2.45, 2.75) is 13.8 Å². The van der Waals surface area contributed by atoms with Gasteiger partial charge in [-0.05, 0) is 37.1 Å². The summed E-state index contributed by atoms with van der Waals surface area (Å²) in [7, 11) is 1.66. The van der Waals surface area contributed by atoms with Crippen LogP contribution in [0.15, 0.2) is 18.2 Å². The minimum atomic E-state index is 0.557. The first-order valence-electron chi connectivity index (χ1n) is 6.58. The van der Waals surface area contributed by atoms with Crippen LogP contribution in [0.4, 0.5) is 0 Å². The van der Waals surface area contributed by atoms with E-state index in [1.54, 1.807) is 7.11 Å². The molecule has 0 atom stereocenters. The molecule has 1 aromatic rings. The molecule has 0 saturated carbocycles. The van der Waals surface area contributed by atoms with Gasteiger partial charge < -0.3 is 18.9 Å². The molecule has 1 aromatic carbocycles. The predicted molar refractivity (Wildman–Crippen MR) is 74.9 cm³/mol. The van der Waals surface area contributed by atoms with Crippen molar-refractivity contribution in [3.63, 3.8) is 0 Å². The van der Waals surface area contributed by atoms with Crippen molar-refractivity contribution in [1.82, 2.24) is 0 Å². The lowest BCUT2D eigenvalue weighted by Crippen LogP contribution is -2.12. The summed E-state index contributed by atoms with van der Waals surface area (Å²) in [5.41, 5.74) is 2.42. The number of methoxy groups -OCH3 is 1. The lowest BCUT2D eigenvalue weighted by atomic mass is 10.1. The number of hydrogen-bond acceptors (Lipinski definition) is 4. The molecule has 0 aliphatic heterocycles. The van der Waals surface area contributed by atoms with Crippen LogP contribution >= 0.6 is 0 Å². The maximum absolute atomic E-state index is 5.63. The molecule has 0 saturated heterocycles. The second kappa shape index (κ2) is 9.78. The summed E-state index contributed by atoms with van der Waals surface area (Å²) >= 11 is 0. The van der Waals surface area contributed by atoms with Crippen LogP contribution in [0, 0.1) is 13.8 Å². The second-order valence-corrected chi connectivity index (χ2v) is 4.39. The summed E-state index contributed by atoms with van der Waals surface area (Å²) in [6, 6.07) is 6.18. The van der Waals surface area contributed by atoms with E-state index in [-0.39, 0.29) is 0 Å². The summed E-state index contributed by atoms with van der Waals surface area (Å²) in [4.78, 5) is 0. The van der Waals surface area contributed by atoms with Gasteiger partial charge in [-0.2, -0.15) is 0 Å². The van der Waals surface area contributed by atoms with E-state index in [2.05, 4.69) is 19.9 Å². The molecule has 0 spiro atoms. The third-order valence-electron chi connectivity index (χ3n) is 2.50. The molecule has 4 heteroatoms. The average Bonchev–Trinajstić information content (AvgIpc) is 2.36. The predicted octanol–water partition coefficient (Wildman–Crippen LogP) is 2.36. The molecular formula is C15H24O4. The second-order valence-electron chi connectivity index (χ2n) is 4.39. The number of ether oxygens (including phenoxy) is 4. The maximum Gasteiger partial charge on any atom is 0.119 e. The number of benzene rings is 1. The van der Waals surface area contributed by atoms with Crippen LogP contribution < -0.4 is 4.74 Å². The average molecular weight is 268 g/mol. The van der Waals surface area contributed by atoms with Crippen LogP contribution in [0.3, 0.4) is 0 Å². The number of aryl methyl sites for hydroxylation is 2. The van der Waals surface area contributed by atoms with Gasteiger partial charge >= 0.3 is 0 Å². The molecule has 19 heavy (non-hydrogen) atoms. The van der Waals surface area contributed by atoms with Gasteiger partial charge in [0.1, 0.15) is 12.4 Å². The van der Waals surface area contributed by atoms with Crippen molar-refractivity contribution in [3.05, 3.63) is 29.3 Å². The van der Waals surface area contributed by atoms with Gasteiger partial charge in [0.05, 0.1) is 33.0 Å². The van der Waals surface area contributed by atoms with Gasteiger partial charge in [-0.3, -0.25) is 0 Å². The van der Waals surface area contributed by atoms with E-state index >= 15 is 0 Å². The fraction of sp³-hybridized carbons (Fsp3) is 0.600. The molecule has 108 valence electrons. The maximum atomic E-state index is 5.63. The van der Waals surface area contributed by atoms with Crippen LogP contribution in [-0.2, 0) is 14.2 Å². The van der Waals surface area contributed by atoms with Gasteiger partial charge in [-0.1, -0.05) is 6.07 Å². The largest absolute Gasteiger partial charge is 0.491 e. The van der Waals surface area contributed by atoms with Gasteiger partial charge in [0.2, 0.25) is 0 Å². The third-order valence-corrected chi connectivity index (χ3v) is 2.50. The molecule has 0 fully saturated rings. The Bertz CT molecular complexity index is 332. The summed E-state index contributed by atoms with van der Waals surface area (Å²) < 4.78 is 21.2. The summed E-state index contributed by atoms with van der Waals surface area (Å²) in [5, 5.41) is 0. The molecule has 0 unspecified atom stereocenters. The zero-order valence-electron chi connectivity index (χ0n) is 12.1. The molecule has 0 amide bonds. The van der Waals surface area contributed by atoms with Crippen LogP contribution in [0.2, 0.25) is 0 Å². The summed E-state index contributed by atoms with van der Waals surface area (Å²) in [5.74, 6) is 0.900. The number of rotatable bonds is 10. The Morgan fingerprint density at radius 2 is 1.26 bits per heavy atom.